The van der Waals surface area contributed by atoms with Gasteiger partial charge >= 0.3 is 6.09 Å². The van der Waals surface area contributed by atoms with Gasteiger partial charge in [-0.3, -0.25) is 4.79 Å². The van der Waals surface area contributed by atoms with Crippen LogP contribution in [0.25, 0.3) is 10.4 Å². The van der Waals surface area contributed by atoms with Crippen molar-refractivity contribution in [2.45, 2.75) is 0 Å². The summed E-state index contributed by atoms with van der Waals surface area (Å²) in [6, 6.07) is 9.35. The number of nitrogens with zero attached hydrogens (tertiary/aromatic N) is 1. The van der Waals surface area contributed by atoms with Crippen LogP contribution in [-0.2, 0) is 0 Å². The van der Waals surface area contributed by atoms with Gasteiger partial charge in [-0.05, 0) is 5.56 Å². The van der Waals surface area contributed by atoms with E-state index in [1.165, 1.54) is 11.3 Å². The molecule has 0 radical (unpaired) electrons. The monoisotopic (exact) mass is 306 g/mol. The molecule has 110 valence electrons. The number of carbonyl (C=O) groups is 2. The summed E-state index contributed by atoms with van der Waals surface area (Å²) >= 11 is 1.24. The van der Waals surface area contributed by atoms with E-state index < -0.39 is 6.09 Å². The summed E-state index contributed by atoms with van der Waals surface area (Å²) in [4.78, 5) is 27.1. The van der Waals surface area contributed by atoms with Gasteiger partial charge in [0.05, 0.1) is 4.88 Å². The molecule has 0 fully saturated rings. The molecular weight excluding hydrogens is 292 g/mol. The van der Waals surface area contributed by atoms with Crippen molar-refractivity contribution in [3.63, 3.8) is 0 Å². The zero-order chi connectivity index (χ0) is 15.2. The first-order valence-corrected chi connectivity index (χ1v) is 6.96. The predicted octanol–water partition coefficient (Wildman–Crippen LogP) is 1.39. The van der Waals surface area contributed by atoms with E-state index in [4.69, 9.17) is 10.8 Å². The van der Waals surface area contributed by atoms with E-state index in [0.29, 0.717) is 10.0 Å². The lowest BCUT2D eigenvalue weighted by atomic mass is 10.1. The van der Waals surface area contributed by atoms with E-state index >= 15 is 0 Å². The van der Waals surface area contributed by atoms with Gasteiger partial charge in [0.15, 0.2) is 5.13 Å². The maximum atomic E-state index is 12.1. The number of aromatic nitrogens is 1. The minimum atomic E-state index is -1.13. The largest absolute Gasteiger partial charge is 0.465 e. The van der Waals surface area contributed by atoms with Crippen LogP contribution in [0.15, 0.2) is 30.3 Å². The minimum absolute atomic E-state index is 0.126. The van der Waals surface area contributed by atoms with Crippen LogP contribution in [0.4, 0.5) is 9.93 Å². The second-order valence-corrected chi connectivity index (χ2v) is 5.11. The van der Waals surface area contributed by atoms with E-state index in [-0.39, 0.29) is 24.7 Å². The van der Waals surface area contributed by atoms with E-state index in [9.17, 15) is 9.59 Å². The molecule has 8 heteroatoms. The fraction of sp³-hybridized carbons (Fsp3) is 0.154. The molecule has 0 aliphatic carbocycles. The summed E-state index contributed by atoms with van der Waals surface area (Å²) in [6.07, 6.45) is -1.13. The van der Waals surface area contributed by atoms with Gasteiger partial charge in [-0.1, -0.05) is 41.7 Å². The second-order valence-electron chi connectivity index (χ2n) is 4.08. The second kappa shape index (κ2) is 6.71. The summed E-state index contributed by atoms with van der Waals surface area (Å²) in [5, 5.41) is 13.5. The van der Waals surface area contributed by atoms with Gasteiger partial charge < -0.3 is 21.5 Å². The standard InChI is InChI=1S/C13H14N4O3S/c14-12-17-9(11(18)15-6-7-16-13(19)20)10(21-12)8-4-2-1-3-5-8/h1-5,16H,6-7H2,(H2,14,17)(H,15,18)(H,19,20). The highest BCUT2D eigenvalue weighted by molar-refractivity contribution is 7.19. The summed E-state index contributed by atoms with van der Waals surface area (Å²) in [7, 11) is 0. The van der Waals surface area contributed by atoms with Crippen molar-refractivity contribution in [3.8, 4) is 10.4 Å². The van der Waals surface area contributed by atoms with E-state index in [1.54, 1.807) is 0 Å². The topological polar surface area (TPSA) is 117 Å². The number of nitrogens with two attached hydrogens (primary N) is 1. The SMILES string of the molecule is Nc1nc(C(=O)NCCNC(=O)O)c(-c2ccccc2)s1. The number of benzene rings is 1. The highest BCUT2D eigenvalue weighted by Crippen LogP contribution is 2.31. The lowest BCUT2D eigenvalue weighted by molar-refractivity contribution is 0.0949. The summed E-state index contributed by atoms with van der Waals surface area (Å²) < 4.78 is 0. The maximum Gasteiger partial charge on any atom is 0.404 e. The Hall–Kier alpha value is -2.61. The number of carboxylic acid groups (broad SMARTS) is 1. The number of nitrogen functional groups attached to an aromatic ring is 1. The van der Waals surface area contributed by atoms with E-state index in [0.717, 1.165) is 5.56 Å². The lowest BCUT2D eigenvalue weighted by Gasteiger charge is -2.05. The Kier molecular flexibility index (Phi) is 4.72. The number of nitrogens with one attached hydrogen (secondary N) is 2. The number of amides is 2. The molecule has 0 saturated heterocycles. The van der Waals surface area contributed by atoms with Crippen LogP contribution in [0.2, 0.25) is 0 Å². The first-order chi connectivity index (χ1) is 10.1. The molecule has 7 nitrogen and oxygen atoms in total. The van der Waals surface area contributed by atoms with Crippen LogP contribution in [0.3, 0.4) is 0 Å². The molecule has 0 unspecified atom stereocenters. The molecule has 2 rings (SSSR count). The molecule has 0 aliphatic rings. The van der Waals surface area contributed by atoms with Gasteiger partial charge in [0.25, 0.3) is 5.91 Å². The zero-order valence-electron chi connectivity index (χ0n) is 11.0. The number of hydrogen-bond donors (Lipinski definition) is 4. The van der Waals surface area contributed by atoms with Crippen molar-refractivity contribution in [1.82, 2.24) is 15.6 Å². The fourth-order valence-electron chi connectivity index (χ4n) is 1.70. The highest BCUT2D eigenvalue weighted by atomic mass is 32.1. The van der Waals surface area contributed by atoms with Gasteiger partial charge in [0, 0.05) is 13.1 Å². The number of thiazole rings is 1. The average molecular weight is 306 g/mol. The van der Waals surface area contributed by atoms with Crippen LogP contribution in [0, 0.1) is 0 Å². The first-order valence-electron chi connectivity index (χ1n) is 6.14. The molecule has 1 heterocycles. The van der Waals surface area contributed by atoms with Crippen LogP contribution in [0.1, 0.15) is 10.5 Å². The third kappa shape index (κ3) is 3.93. The van der Waals surface area contributed by atoms with Crippen molar-refractivity contribution in [1.29, 1.82) is 0 Å². The molecule has 0 atom stereocenters. The average Bonchev–Trinajstić information content (AvgIpc) is 2.86. The summed E-state index contributed by atoms with van der Waals surface area (Å²) in [5.41, 5.74) is 6.80. The van der Waals surface area contributed by atoms with Gasteiger partial charge in [-0.25, -0.2) is 9.78 Å². The van der Waals surface area contributed by atoms with Crippen molar-refractivity contribution in [2.24, 2.45) is 0 Å². The van der Waals surface area contributed by atoms with E-state index in [2.05, 4.69) is 15.6 Å². The third-order valence-electron chi connectivity index (χ3n) is 2.58. The molecule has 5 N–H and O–H groups in total. The van der Waals surface area contributed by atoms with Crippen LogP contribution in [-0.4, -0.2) is 35.2 Å². The van der Waals surface area contributed by atoms with Crippen molar-refractivity contribution < 1.29 is 14.7 Å². The third-order valence-corrected chi connectivity index (χ3v) is 3.52. The zero-order valence-corrected chi connectivity index (χ0v) is 11.8. The molecular formula is C13H14N4O3S. The first kappa shape index (κ1) is 14.8. The summed E-state index contributed by atoms with van der Waals surface area (Å²) in [5.74, 6) is -0.381. The molecule has 0 saturated carbocycles. The lowest BCUT2D eigenvalue weighted by Crippen LogP contribution is -2.34. The number of hydrogen-bond acceptors (Lipinski definition) is 5. The Morgan fingerprint density at radius 3 is 2.52 bits per heavy atom. The number of anilines is 1. The van der Waals surface area contributed by atoms with E-state index in [1.807, 2.05) is 30.3 Å². The number of rotatable bonds is 5. The molecule has 2 amide bonds. The molecule has 0 aliphatic heterocycles. The fourth-order valence-corrected chi connectivity index (χ4v) is 2.54. The normalized spacial score (nSPS) is 10.1. The molecule has 0 bridgehead atoms. The Morgan fingerprint density at radius 2 is 1.86 bits per heavy atom. The molecule has 0 spiro atoms. The Labute approximate surface area is 124 Å². The smallest absolute Gasteiger partial charge is 0.404 e. The van der Waals surface area contributed by atoms with Gasteiger partial charge in [0.2, 0.25) is 0 Å². The molecule has 21 heavy (non-hydrogen) atoms. The predicted molar refractivity (Wildman–Crippen MR) is 80.3 cm³/mol. The molecule has 1 aromatic heterocycles. The van der Waals surface area contributed by atoms with Gasteiger partial charge in [-0.15, -0.1) is 0 Å². The quantitative estimate of drug-likeness (QED) is 0.623. The van der Waals surface area contributed by atoms with Gasteiger partial charge in [-0.2, -0.15) is 0 Å². The van der Waals surface area contributed by atoms with Gasteiger partial charge in [0.1, 0.15) is 5.69 Å². The Morgan fingerprint density at radius 1 is 1.19 bits per heavy atom. The Bertz CT molecular complexity index is 642. The van der Waals surface area contributed by atoms with Crippen LogP contribution in [0.5, 0.6) is 0 Å². The number of carbonyl (C=O) groups excluding carboxylic acids is 1. The summed E-state index contributed by atoms with van der Waals surface area (Å²) in [6.45, 7) is 0.304. The van der Waals surface area contributed by atoms with Crippen molar-refractivity contribution in [2.75, 3.05) is 18.8 Å². The van der Waals surface area contributed by atoms with Crippen molar-refractivity contribution >= 4 is 28.5 Å². The van der Waals surface area contributed by atoms with Crippen LogP contribution >= 0.6 is 11.3 Å². The van der Waals surface area contributed by atoms with Crippen LogP contribution < -0.4 is 16.4 Å². The van der Waals surface area contributed by atoms with Crippen molar-refractivity contribution in [3.05, 3.63) is 36.0 Å². The minimum Gasteiger partial charge on any atom is -0.465 e. The molecule has 1 aromatic carbocycles. The maximum absolute atomic E-state index is 12.1. The highest BCUT2D eigenvalue weighted by Gasteiger charge is 2.18. The Balaban J connectivity index is 2.09. The molecule has 2 aromatic rings.